The molecule has 1 aromatic heterocycles. The van der Waals surface area contributed by atoms with E-state index in [1.807, 2.05) is 0 Å². The van der Waals surface area contributed by atoms with E-state index in [-0.39, 0.29) is 11.4 Å². The normalized spacial score (nSPS) is 10.8. The summed E-state index contributed by atoms with van der Waals surface area (Å²) in [6.07, 6.45) is -2.57. The maximum absolute atomic E-state index is 12.8. The maximum Gasteiger partial charge on any atom is 0.264 e. The van der Waals surface area contributed by atoms with Crippen molar-refractivity contribution in [2.45, 2.75) is 6.43 Å². The summed E-state index contributed by atoms with van der Waals surface area (Å²) in [4.78, 5) is 0. The van der Waals surface area contributed by atoms with Gasteiger partial charge in [-0.25, -0.2) is 8.78 Å². The van der Waals surface area contributed by atoms with E-state index in [0.29, 0.717) is 17.0 Å². The Hall–Kier alpha value is -2.11. The second-order valence-corrected chi connectivity index (χ2v) is 3.46. The molecule has 3 N–H and O–H groups in total. The van der Waals surface area contributed by atoms with Crippen molar-refractivity contribution >= 4 is 5.82 Å². The molecule has 17 heavy (non-hydrogen) atoms. The van der Waals surface area contributed by atoms with Gasteiger partial charge in [0.2, 0.25) is 0 Å². The van der Waals surface area contributed by atoms with E-state index >= 15 is 0 Å². The van der Waals surface area contributed by atoms with E-state index in [2.05, 4.69) is 10.2 Å². The third-order valence-corrected chi connectivity index (χ3v) is 2.38. The monoisotopic (exact) mass is 239 g/mol. The second kappa shape index (κ2) is 4.40. The van der Waals surface area contributed by atoms with Gasteiger partial charge in [-0.05, 0) is 18.2 Å². The molecule has 0 aliphatic carbocycles. The van der Waals surface area contributed by atoms with E-state index < -0.39 is 6.43 Å². The molecule has 2 rings (SSSR count). The summed E-state index contributed by atoms with van der Waals surface area (Å²) in [5.41, 5.74) is 6.14. The zero-order chi connectivity index (χ0) is 12.4. The molecule has 4 nitrogen and oxygen atoms in total. The average Bonchev–Trinajstić information content (AvgIpc) is 2.75. The molecular weight excluding hydrogens is 228 g/mol. The largest absolute Gasteiger partial charge is 0.497 e. The van der Waals surface area contributed by atoms with Crippen LogP contribution in [-0.4, -0.2) is 17.3 Å². The van der Waals surface area contributed by atoms with E-state index in [1.165, 1.54) is 31.4 Å². The number of benzene rings is 1. The summed E-state index contributed by atoms with van der Waals surface area (Å²) in [7, 11) is 1.47. The van der Waals surface area contributed by atoms with Crippen molar-refractivity contribution in [3.05, 3.63) is 29.8 Å². The summed E-state index contributed by atoms with van der Waals surface area (Å²) in [5, 5.41) is 6.32. The molecule has 0 aliphatic heterocycles. The lowest BCUT2D eigenvalue weighted by Crippen LogP contribution is -1.92. The van der Waals surface area contributed by atoms with E-state index in [4.69, 9.17) is 10.5 Å². The molecule has 90 valence electrons. The molecule has 0 aliphatic rings. The van der Waals surface area contributed by atoms with Crippen LogP contribution in [0.15, 0.2) is 24.3 Å². The summed E-state index contributed by atoms with van der Waals surface area (Å²) < 4.78 is 30.7. The molecule has 2 aromatic rings. The van der Waals surface area contributed by atoms with Crippen LogP contribution in [0.25, 0.3) is 11.3 Å². The van der Waals surface area contributed by atoms with Crippen LogP contribution in [0.3, 0.4) is 0 Å². The molecule has 1 aromatic carbocycles. The van der Waals surface area contributed by atoms with Gasteiger partial charge in [-0.15, -0.1) is 0 Å². The Labute approximate surface area is 96.4 Å². The first-order valence-electron chi connectivity index (χ1n) is 4.89. The second-order valence-electron chi connectivity index (χ2n) is 3.46. The molecule has 0 saturated heterocycles. The zero-order valence-electron chi connectivity index (χ0n) is 9.08. The van der Waals surface area contributed by atoms with Crippen molar-refractivity contribution in [1.82, 2.24) is 10.2 Å². The fourth-order valence-corrected chi connectivity index (χ4v) is 1.56. The van der Waals surface area contributed by atoms with Gasteiger partial charge in [-0.1, -0.05) is 0 Å². The van der Waals surface area contributed by atoms with Gasteiger partial charge in [0.05, 0.1) is 12.8 Å². The first-order valence-corrected chi connectivity index (χ1v) is 4.89. The lowest BCUT2D eigenvalue weighted by molar-refractivity contribution is 0.152. The lowest BCUT2D eigenvalue weighted by atomic mass is 10.0. The highest BCUT2D eigenvalue weighted by Crippen LogP contribution is 2.33. The van der Waals surface area contributed by atoms with Crippen LogP contribution in [0, 0.1) is 0 Å². The van der Waals surface area contributed by atoms with E-state index in [1.54, 1.807) is 0 Å². The Morgan fingerprint density at radius 1 is 1.35 bits per heavy atom. The third-order valence-electron chi connectivity index (χ3n) is 2.38. The first kappa shape index (κ1) is 11.4. The Bertz CT molecular complexity index is 525. The molecule has 0 amide bonds. The smallest absolute Gasteiger partial charge is 0.264 e. The van der Waals surface area contributed by atoms with E-state index in [9.17, 15) is 8.78 Å². The van der Waals surface area contributed by atoms with Gasteiger partial charge in [-0.2, -0.15) is 5.10 Å². The topological polar surface area (TPSA) is 63.9 Å². The number of halogens is 2. The number of nitrogen functional groups attached to an aromatic ring is 1. The van der Waals surface area contributed by atoms with Gasteiger partial charge in [0.15, 0.2) is 0 Å². The minimum atomic E-state index is -2.57. The minimum Gasteiger partial charge on any atom is -0.497 e. The minimum absolute atomic E-state index is 0.0885. The van der Waals surface area contributed by atoms with Gasteiger partial charge in [0.25, 0.3) is 6.43 Å². The van der Waals surface area contributed by atoms with Crippen LogP contribution in [0.4, 0.5) is 14.6 Å². The quantitative estimate of drug-likeness (QED) is 0.865. The van der Waals surface area contributed by atoms with Crippen LogP contribution in [0.2, 0.25) is 0 Å². The SMILES string of the molecule is COc1ccc(C(F)F)c(-c2cc(N)n[nH]2)c1. The predicted octanol–water partition coefficient (Wildman–Crippen LogP) is 2.61. The highest BCUT2D eigenvalue weighted by atomic mass is 19.3. The molecule has 0 spiro atoms. The lowest BCUT2D eigenvalue weighted by Gasteiger charge is -2.09. The number of nitrogens with two attached hydrogens (primary N) is 1. The molecule has 0 saturated carbocycles. The van der Waals surface area contributed by atoms with Crippen molar-refractivity contribution in [3.63, 3.8) is 0 Å². The van der Waals surface area contributed by atoms with E-state index in [0.717, 1.165) is 0 Å². The van der Waals surface area contributed by atoms with Crippen molar-refractivity contribution in [3.8, 4) is 17.0 Å². The fraction of sp³-hybridized carbons (Fsp3) is 0.182. The molecule has 0 unspecified atom stereocenters. The number of aromatic amines is 1. The van der Waals surface area contributed by atoms with Crippen molar-refractivity contribution in [2.75, 3.05) is 12.8 Å². The van der Waals surface area contributed by atoms with Crippen LogP contribution in [0.1, 0.15) is 12.0 Å². The molecular formula is C11H11F2N3O. The first-order chi connectivity index (χ1) is 8.11. The van der Waals surface area contributed by atoms with Crippen molar-refractivity contribution in [2.24, 2.45) is 0 Å². The number of nitrogens with one attached hydrogen (secondary N) is 1. The Morgan fingerprint density at radius 2 is 2.12 bits per heavy atom. The third kappa shape index (κ3) is 2.20. The highest BCUT2D eigenvalue weighted by molar-refractivity contribution is 5.68. The summed E-state index contributed by atoms with van der Waals surface area (Å²) in [6, 6.07) is 5.84. The maximum atomic E-state index is 12.8. The molecule has 6 heteroatoms. The fourth-order valence-electron chi connectivity index (χ4n) is 1.56. The number of hydrogen-bond acceptors (Lipinski definition) is 3. The number of H-pyrrole nitrogens is 1. The molecule has 1 heterocycles. The van der Waals surface area contributed by atoms with Gasteiger partial charge in [0.1, 0.15) is 11.6 Å². The van der Waals surface area contributed by atoms with Crippen LogP contribution in [0.5, 0.6) is 5.75 Å². The number of anilines is 1. The summed E-state index contributed by atoms with van der Waals surface area (Å²) in [5.74, 6) is 0.751. The predicted molar refractivity (Wildman–Crippen MR) is 59.9 cm³/mol. The summed E-state index contributed by atoms with van der Waals surface area (Å²) >= 11 is 0. The Balaban J connectivity index is 2.56. The van der Waals surface area contributed by atoms with Crippen molar-refractivity contribution < 1.29 is 13.5 Å². The standard InChI is InChI=1S/C11H11F2N3O/c1-17-6-2-3-7(11(12)13)8(4-6)9-5-10(14)16-15-9/h2-5,11H,1H3,(H3,14,15,16). The molecule has 0 bridgehead atoms. The molecule has 0 fully saturated rings. The number of methoxy groups -OCH3 is 1. The van der Waals surface area contributed by atoms with Gasteiger partial charge >= 0.3 is 0 Å². The number of nitrogens with zero attached hydrogens (tertiary/aromatic N) is 1. The zero-order valence-corrected chi connectivity index (χ0v) is 9.08. The Kier molecular flexibility index (Phi) is 2.95. The van der Waals surface area contributed by atoms with Crippen LogP contribution < -0.4 is 10.5 Å². The number of rotatable bonds is 3. The number of ether oxygens (including phenoxy) is 1. The van der Waals surface area contributed by atoms with Crippen molar-refractivity contribution in [1.29, 1.82) is 0 Å². The number of hydrogen-bond donors (Lipinski definition) is 2. The number of alkyl halides is 2. The van der Waals surface area contributed by atoms with Gasteiger partial charge < -0.3 is 10.5 Å². The average molecular weight is 239 g/mol. The molecule has 0 atom stereocenters. The number of aromatic nitrogens is 2. The Morgan fingerprint density at radius 3 is 2.65 bits per heavy atom. The van der Waals surface area contributed by atoms with Gasteiger partial charge in [-0.3, -0.25) is 5.10 Å². The summed E-state index contributed by atoms with van der Waals surface area (Å²) in [6.45, 7) is 0. The van der Waals surface area contributed by atoms with Crippen LogP contribution >= 0.6 is 0 Å². The van der Waals surface area contributed by atoms with Gasteiger partial charge in [0, 0.05) is 17.2 Å². The highest BCUT2D eigenvalue weighted by Gasteiger charge is 2.16. The molecule has 0 radical (unpaired) electrons. The van der Waals surface area contributed by atoms with Crippen LogP contribution in [-0.2, 0) is 0 Å².